The quantitative estimate of drug-likeness (QED) is 0.759. The molecule has 2 saturated carbocycles. The number of hydrogen-bond donors (Lipinski definition) is 0. The van der Waals surface area contributed by atoms with Crippen LogP contribution in [0.15, 0.2) is 0 Å². The number of carbonyl (C=O) groups excluding carboxylic acids is 1. The van der Waals surface area contributed by atoms with Gasteiger partial charge in [0.2, 0.25) is 0 Å². The maximum Gasteiger partial charge on any atom is 0.137 e. The Morgan fingerprint density at radius 2 is 1.71 bits per heavy atom. The van der Waals surface area contributed by atoms with Gasteiger partial charge in [-0.2, -0.15) is 0 Å². The van der Waals surface area contributed by atoms with Crippen molar-refractivity contribution >= 4 is 5.78 Å². The standard InChI is InChI=1S/C19H35NO/c1-19(2,3)17-10-11-18(21)16(12-17)14-20(4)13-15-8-6-5-7-9-15/h15-17H,5-14H2,1-4H3. The first-order valence-corrected chi connectivity index (χ1v) is 9.07. The lowest BCUT2D eigenvalue weighted by Gasteiger charge is -2.38. The zero-order valence-corrected chi connectivity index (χ0v) is 14.7. The highest BCUT2D eigenvalue weighted by Crippen LogP contribution is 2.39. The van der Waals surface area contributed by atoms with E-state index in [1.54, 1.807) is 0 Å². The Hall–Kier alpha value is -0.370. The zero-order valence-electron chi connectivity index (χ0n) is 14.7. The molecule has 2 aliphatic carbocycles. The largest absolute Gasteiger partial charge is 0.305 e. The second-order valence-electron chi connectivity index (χ2n) is 8.73. The minimum atomic E-state index is 0.288. The number of ketones is 1. The van der Waals surface area contributed by atoms with Crippen molar-refractivity contribution in [2.45, 2.75) is 72.1 Å². The van der Waals surface area contributed by atoms with Gasteiger partial charge in [-0.3, -0.25) is 4.79 Å². The van der Waals surface area contributed by atoms with Crippen LogP contribution in [0, 0.1) is 23.2 Å². The van der Waals surface area contributed by atoms with Crippen LogP contribution in [0.1, 0.15) is 72.1 Å². The minimum absolute atomic E-state index is 0.288. The Labute approximate surface area is 131 Å². The fraction of sp³-hybridized carbons (Fsp3) is 0.947. The fourth-order valence-corrected chi connectivity index (χ4v) is 4.34. The van der Waals surface area contributed by atoms with Gasteiger partial charge in [-0.25, -0.2) is 0 Å². The van der Waals surface area contributed by atoms with Gasteiger partial charge in [0.05, 0.1) is 0 Å². The second kappa shape index (κ2) is 7.26. The molecule has 0 heterocycles. The Kier molecular flexibility index (Phi) is 5.88. The third kappa shape index (κ3) is 5.09. The molecule has 0 bridgehead atoms. The molecule has 2 heteroatoms. The lowest BCUT2D eigenvalue weighted by molar-refractivity contribution is -0.127. The third-order valence-corrected chi connectivity index (χ3v) is 5.81. The van der Waals surface area contributed by atoms with Crippen LogP contribution < -0.4 is 0 Å². The van der Waals surface area contributed by atoms with Crippen LogP contribution in [0.3, 0.4) is 0 Å². The Bertz CT molecular complexity index is 338. The molecule has 0 radical (unpaired) electrons. The van der Waals surface area contributed by atoms with Gasteiger partial charge in [-0.05, 0) is 50.0 Å². The summed E-state index contributed by atoms with van der Waals surface area (Å²) in [6.07, 6.45) is 10.1. The van der Waals surface area contributed by atoms with Crippen molar-refractivity contribution in [2.75, 3.05) is 20.1 Å². The van der Waals surface area contributed by atoms with Crippen LogP contribution in [-0.2, 0) is 4.79 Å². The molecule has 2 unspecified atom stereocenters. The molecule has 2 fully saturated rings. The van der Waals surface area contributed by atoms with E-state index in [4.69, 9.17) is 0 Å². The molecule has 21 heavy (non-hydrogen) atoms. The van der Waals surface area contributed by atoms with Gasteiger partial charge in [-0.1, -0.05) is 40.0 Å². The summed E-state index contributed by atoms with van der Waals surface area (Å²) >= 11 is 0. The number of nitrogens with zero attached hydrogens (tertiary/aromatic N) is 1. The molecule has 0 saturated heterocycles. The van der Waals surface area contributed by atoms with Gasteiger partial charge in [0.25, 0.3) is 0 Å². The van der Waals surface area contributed by atoms with Crippen molar-refractivity contribution in [3.05, 3.63) is 0 Å². The Balaban J connectivity index is 1.83. The van der Waals surface area contributed by atoms with Crippen molar-refractivity contribution in [3.8, 4) is 0 Å². The molecule has 0 aromatic rings. The molecule has 0 aliphatic heterocycles. The monoisotopic (exact) mass is 293 g/mol. The fourth-order valence-electron chi connectivity index (χ4n) is 4.34. The molecule has 0 spiro atoms. The summed E-state index contributed by atoms with van der Waals surface area (Å²) in [7, 11) is 2.22. The first kappa shape index (κ1) is 17.0. The van der Waals surface area contributed by atoms with E-state index in [2.05, 4.69) is 32.7 Å². The smallest absolute Gasteiger partial charge is 0.137 e. The van der Waals surface area contributed by atoms with Crippen molar-refractivity contribution in [1.82, 2.24) is 4.90 Å². The van der Waals surface area contributed by atoms with Crippen molar-refractivity contribution in [2.24, 2.45) is 23.2 Å². The maximum atomic E-state index is 12.3. The molecule has 0 aromatic heterocycles. The van der Waals surface area contributed by atoms with Crippen LogP contribution in [0.2, 0.25) is 0 Å². The predicted octanol–water partition coefficient (Wildman–Crippen LogP) is 4.53. The predicted molar refractivity (Wildman–Crippen MR) is 89.4 cm³/mol. The molecule has 122 valence electrons. The summed E-state index contributed by atoms with van der Waals surface area (Å²) in [6.45, 7) is 9.18. The van der Waals surface area contributed by atoms with Crippen LogP contribution in [0.5, 0.6) is 0 Å². The lowest BCUT2D eigenvalue weighted by atomic mass is 9.68. The summed E-state index contributed by atoms with van der Waals surface area (Å²) in [5.74, 6) is 2.40. The summed E-state index contributed by atoms with van der Waals surface area (Å²) in [4.78, 5) is 14.7. The van der Waals surface area contributed by atoms with E-state index in [0.717, 1.165) is 31.7 Å². The summed E-state index contributed by atoms with van der Waals surface area (Å²) in [6, 6.07) is 0. The topological polar surface area (TPSA) is 20.3 Å². The van der Waals surface area contributed by atoms with Crippen LogP contribution in [0.4, 0.5) is 0 Å². The van der Waals surface area contributed by atoms with E-state index in [9.17, 15) is 4.79 Å². The van der Waals surface area contributed by atoms with Crippen molar-refractivity contribution in [3.63, 3.8) is 0 Å². The van der Waals surface area contributed by atoms with Gasteiger partial charge in [-0.15, -0.1) is 0 Å². The van der Waals surface area contributed by atoms with Gasteiger partial charge >= 0.3 is 0 Å². The normalized spacial score (nSPS) is 29.1. The molecular formula is C19H35NO. The molecule has 0 aromatic carbocycles. The molecule has 0 amide bonds. The van der Waals surface area contributed by atoms with E-state index in [0.29, 0.717) is 17.1 Å². The highest BCUT2D eigenvalue weighted by Gasteiger charge is 2.35. The van der Waals surface area contributed by atoms with E-state index in [1.807, 2.05) is 0 Å². The van der Waals surface area contributed by atoms with Crippen molar-refractivity contribution in [1.29, 1.82) is 0 Å². The number of rotatable bonds is 4. The number of carbonyl (C=O) groups is 1. The summed E-state index contributed by atoms with van der Waals surface area (Å²) in [5, 5.41) is 0. The number of hydrogen-bond acceptors (Lipinski definition) is 2. The van der Waals surface area contributed by atoms with Gasteiger partial charge in [0.1, 0.15) is 5.78 Å². The average molecular weight is 293 g/mol. The molecule has 2 rings (SSSR count). The lowest BCUT2D eigenvalue weighted by Crippen LogP contribution is -2.39. The van der Waals surface area contributed by atoms with E-state index < -0.39 is 0 Å². The maximum absolute atomic E-state index is 12.3. The van der Waals surface area contributed by atoms with Gasteiger partial charge in [0, 0.05) is 25.4 Å². The third-order valence-electron chi connectivity index (χ3n) is 5.81. The minimum Gasteiger partial charge on any atom is -0.305 e. The molecule has 2 nitrogen and oxygen atoms in total. The Morgan fingerprint density at radius 1 is 1.05 bits per heavy atom. The molecule has 2 aliphatic rings. The van der Waals surface area contributed by atoms with E-state index >= 15 is 0 Å². The molecule has 0 N–H and O–H groups in total. The van der Waals surface area contributed by atoms with Crippen molar-refractivity contribution < 1.29 is 4.79 Å². The van der Waals surface area contributed by atoms with Gasteiger partial charge < -0.3 is 4.90 Å². The average Bonchev–Trinajstić information content (AvgIpc) is 2.41. The van der Waals surface area contributed by atoms with Crippen LogP contribution in [-0.4, -0.2) is 30.8 Å². The SMILES string of the molecule is CN(CC1CCCCC1)CC1CC(C(C)(C)C)CCC1=O. The molecule has 2 atom stereocenters. The first-order chi connectivity index (χ1) is 9.86. The van der Waals surface area contributed by atoms with Crippen LogP contribution in [0.25, 0.3) is 0 Å². The van der Waals surface area contributed by atoms with E-state index in [1.165, 1.54) is 38.6 Å². The summed E-state index contributed by atoms with van der Waals surface area (Å²) in [5.41, 5.74) is 0.348. The highest BCUT2D eigenvalue weighted by molar-refractivity contribution is 5.82. The van der Waals surface area contributed by atoms with Crippen LogP contribution >= 0.6 is 0 Å². The zero-order chi connectivity index (χ0) is 15.5. The van der Waals surface area contributed by atoms with E-state index in [-0.39, 0.29) is 5.92 Å². The Morgan fingerprint density at radius 3 is 2.33 bits per heavy atom. The summed E-state index contributed by atoms with van der Waals surface area (Å²) < 4.78 is 0. The molecular weight excluding hydrogens is 258 g/mol. The highest BCUT2D eigenvalue weighted by atomic mass is 16.1. The number of Topliss-reactive ketones (excluding diaryl/α,β-unsaturated/α-hetero) is 1. The first-order valence-electron chi connectivity index (χ1n) is 9.07. The van der Waals surface area contributed by atoms with Gasteiger partial charge in [0.15, 0.2) is 0 Å². The second-order valence-corrected chi connectivity index (χ2v) is 8.73.